The molecule has 0 radical (unpaired) electrons. The Bertz CT molecular complexity index is 938. The Morgan fingerprint density at radius 1 is 1.03 bits per heavy atom. The summed E-state index contributed by atoms with van der Waals surface area (Å²) in [5.74, 6) is 1.09. The van der Waals surface area contributed by atoms with E-state index in [-0.39, 0.29) is 25.0 Å². The molecule has 0 unspecified atom stereocenters. The molecule has 37 heavy (non-hydrogen) atoms. The second kappa shape index (κ2) is 17.2. The van der Waals surface area contributed by atoms with Crippen LogP contribution in [0, 0.1) is 13.8 Å². The molecule has 2 amide bonds. The molecule has 1 N–H and O–H groups in total. The predicted octanol–water partition coefficient (Wildman–Crippen LogP) is 3.34. The summed E-state index contributed by atoms with van der Waals surface area (Å²) in [6.07, 6.45) is 9.43. The fourth-order valence-corrected chi connectivity index (χ4v) is 3.93. The summed E-state index contributed by atoms with van der Waals surface area (Å²) in [5.41, 5.74) is 4.52. The van der Waals surface area contributed by atoms with Crippen LogP contribution in [0.3, 0.4) is 0 Å². The summed E-state index contributed by atoms with van der Waals surface area (Å²) in [5, 5.41) is 2.53. The van der Waals surface area contributed by atoms with Crippen molar-refractivity contribution in [3.05, 3.63) is 73.0 Å². The summed E-state index contributed by atoms with van der Waals surface area (Å²) in [4.78, 5) is 22.9. The summed E-state index contributed by atoms with van der Waals surface area (Å²) >= 11 is 0. The van der Waals surface area contributed by atoms with Gasteiger partial charge in [-0.05, 0) is 82.9 Å². The van der Waals surface area contributed by atoms with Gasteiger partial charge < -0.3 is 38.3 Å². The topological polar surface area (TPSA) is 67.9 Å². The van der Waals surface area contributed by atoms with Gasteiger partial charge in [0.1, 0.15) is 11.4 Å². The van der Waals surface area contributed by atoms with E-state index in [0.29, 0.717) is 13.1 Å². The molecule has 0 saturated carbocycles. The van der Waals surface area contributed by atoms with Gasteiger partial charge in [-0.15, -0.1) is 30.9 Å². The van der Waals surface area contributed by atoms with Crippen molar-refractivity contribution in [2.75, 3.05) is 25.0 Å². The number of hydrogen-bond donors (Lipinski definition) is 1. The van der Waals surface area contributed by atoms with Crippen LogP contribution in [0.25, 0.3) is 0 Å². The monoisotopic (exact) mass is 500 g/mol. The SMILES string of the molecule is O=[C-]Nc1ccc(CCCCOc2cccc3c2CCCC3)cc1.[CH2-]CN(C[CH2-])C(=O)OC(C)(C)C.[Li+]. The van der Waals surface area contributed by atoms with Crippen molar-refractivity contribution in [3.63, 3.8) is 0 Å². The third kappa shape index (κ3) is 12.1. The van der Waals surface area contributed by atoms with Crippen LogP contribution in [0.15, 0.2) is 42.5 Å². The molecule has 3 rings (SSSR count). The molecule has 0 saturated heterocycles. The molecule has 2 aromatic carbocycles. The number of aryl methyl sites for hydroxylation is 2. The van der Waals surface area contributed by atoms with Crippen molar-refractivity contribution in [1.82, 2.24) is 4.90 Å². The maximum Gasteiger partial charge on any atom is 1.00 e. The van der Waals surface area contributed by atoms with Gasteiger partial charge in [0.25, 0.3) is 0 Å². The number of anilines is 1. The molecule has 0 spiro atoms. The second-order valence-corrected chi connectivity index (χ2v) is 9.80. The average Bonchev–Trinajstić information content (AvgIpc) is 2.85. The molecule has 6 nitrogen and oxygen atoms in total. The van der Waals surface area contributed by atoms with Crippen molar-refractivity contribution < 1.29 is 37.9 Å². The maximum atomic E-state index is 11.2. The van der Waals surface area contributed by atoms with Gasteiger partial charge in [-0.25, -0.2) is 4.79 Å². The van der Waals surface area contributed by atoms with Gasteiger partial charge >= 0.3 is 25.0 Å². The normalized spacial score (nSPS) is 12.1. The Labute approximate surface area is 235 Å². The number of nitrogens with one attached hydrogen (secondary N) is 1. The molecular weight excluding hydrogens is 459 g/mol. The Kier molecular flexibility index (Phi) is 15.1. The first-order valence-electron chi connectivity index (χ1n) is 12.8. The minimum absolute atomic E-state index is 0. The van der Waals surface area contributed by atoms with E-state index in [2.05, 4.69) is 37.4 Å². The van der Waals surface area contributed by atoms with Gasteiger partial charge in [0.05, 0.1) is 13.0 Å². The number of rotatable bonds is 10. The van der Waals surface area contributed by atoms with Crippen LogP contribution in [-0.2, 0) is 28.8 Å². The summed E-state index contributed by atoms with van der Waals surface area (Å²) in [6.45, 7) is 14.2. The second-order valence-electron chi connectivity index (χ2n) is 9.80. The Balaban J connectivity index is 0.000000451. The molecule has 7 heteroatoms. The Morgan fingerprint density at radius 2 is 1.70 bits per heavy atom. The van der Waals surface area contributed by atoms with E-state index in [1.165, 1.54) is 40.9 Å². The van der Waals surface area contributed by atoms with Gasteiger partial charge in [-0.3, -0.25) is 0 Å². The minimum Gasteiger partial charge on any atom is -0.493 e. The third-order valence-electron chi connectivity index (χ3n) is 5.81. The Morgan fingerprint density at radius 3 is 2.32 bits per heavy atom. The van der Waals surface area contributed by atoms with E-state index in [9.17, 15) is 9.59 Å². The van der Waals surface area contributed by atoms with Crippen LogP contribution in [0.5, 0.6) is 5.75 Å². The number of ether oxygens (including phenoxy) is 2. The first-order valence-corrected chi connectivity index (χ1v) is 12.8. The number of unbranched alkanes of at least 4 members (excludes halogenated alkanes) is 1. The molecule has 2 aromatic rings. The molecule has 1 aliphatic carbocycles. The fraction of sp³-hybridized carbons (Fsp3) is 0.467. The fourth-order valence-electron chi connectivity index (χ4n) is 3.93. The summed E-state index contributed by atoms with van der Waals surface area (Å²) in [6, 6.07) is 14.4. The van der Waals surface area contributed by atoms with E-state index in [1.807, 2.05) is 45.0 Å². The largest absolute Gasteiger partial charge is 1.00 e. The molecule has 1 aliphatic rings. The number of carbonyl (C=O) groups excluding carboxylic acids is 2. The van der Waals surface area contributed by atoms with E-state index in [1.54, 1.807) is 6.41 Å². The van der Waals surface area contributed by atoms with Crippen LogP contribution < -0.4 is 28.9 Å². The van der Waals surface area contributed by atoms with Crippen molar-refractivity contribution >= 4 is 18.2 Å². The van der Waals surface area contributed by atoms with Crippen LogP contribution in [0.2, 0.25) is 0 Å². The number of amides is 2. The maximum absolute atomic E-state index is 11.2. The van der Waals surface area contributed by atoms with E-state index >= 15 is 0 Å². The average molecular weight is 501 g/mol. The van der Waals surface area contributed by atoms with Gasteiger partial charge in [-0.2, -0.15) is 0 Å². The molecule has 198 valence electrons. The number of benzene rings is 2. The van der Waals surface area contributed by atoms with Crippen molar-refractivity contribution in [3.8, 4) is 5.75 Å². The summed E-state index contributed by atoms with van der Waals surface area (Å²) < 4.78 is 11.1. The van der Waals surface area contributed by atoms with Crippen molar-refractivity contribution in [2.45, 2.75) is 71.3 Å². The van der Waals surface area contributed by atoms with Crippen molar-refractivity contribution in [2.24, 2.45) is 0 Å². The van der Waals surface area contributed by atoms with Crippen molar-refractivity contribution in [1.29, 1.82) is 0 Å². The predicted molar refractivity (Wildman–Crippen MR) is 146 cm³/mol. The Hall–Kier alpha value is -2.42. The summed E-state index contributed by atoms with van der Waals surface area (Å²) in [7, 11) is 0. The van der Waals surface area contributed by atoms with Gasteiger partial charge in [0, 0.05) is 0 Å². The molecule has 0 atom stereocenters. The molecule has 0 aromatic heterocycles. The number of hydrogen-bond acceptors (Lipinski definition) is 4. The van der Waals surface area contributed by atoms with Gasteiger partial charge in [0.15, 0.2) is 0 Å². The standard InChI is InChI=1S/C21H24NO2.C9H17NO2.Li/c23-16-22-19-13-11-17(12-14-19)6-3-4-15-24-21-10-5-8-18-7-1-2-9-20(18)21;1-6-10(7-2)8(11)12-9(3,4)5;/h5,8,10-14H,1-4,6-7,9,15H2,(H,22,23);1-2,6-7H2,3-5H3;/q-1;-2;+1. The zero-order chi connectivity index (χ0) is 26.4. The minimum atomic E-state index is -0.445. The van der Waals surface area contributed by atoms with Gasteiger partial charge in [-0.1, -0.05) is 29.8 Å². The zero-order valence-electron chi connectivity index (χ0n) is 23.1. The van der Waals surface area contributed by atoms with Gasteiger partial charge in [0.2, 0.25) is 0 Å². The zero-order valence-corrected chi connectivity index (χ0v) is 23.1. The van der Waals surface area contributed by atoms with E-state index < -0.39 is 5.60 Å². The van der Waals surface area contributed by atoms with E-state index in [4.69, 9.17) is 9.47 Å². The first kappa shape index (κ1) is 32.6. The third-order valence-corrected chi connectivity index (χ3v) is 5.81. The molecular formula is C30H41LiN2O4-2. The van der Waals surface area contributed by atoms with Crippen LogP contribution in [0.1, 0.15) is 63.1 Å². The number of carbonyl (C=O) groups is 1. The van der Waals surface area contributed by atoms with Crippen LogP contribution >= 0.6 is 0 Å². The number of fused-ring (bicyclic) bond motifs is 1. The molecule has 0 fully saturated rings. The smallest absolute Gasteiger partial charge is 0.493 e. The number of nitrogens with zero attached hydrogens (tertiary/aromatic N) is 1. The van der Waals surface area contributed by atoms with Crippen LogP contribution in [0.4, 0.5) is 10.5 Å². The quantitative estimate of drug-likeness (QED) is 0.235. The van der Waals surface area contributed by atoms with E-state index in [0.717, 1.165) is 43.7 Å². The first-order chi connectivity index (χ1) is 17.3. The molecule has 0 aliphatic heterocycles. The molecule has 0 bridgehead atoms. The molecule has 0 heterocycles. The van der Waals surface area contributed by atoms with Crippen LogP contribution in [-0.4, -0.2) is 42.7 Å².